The summed E-state index contributed by atoms with van der Waals surface area (Å²) in [7, 11) is 0. The van der Waals surface area contributed by atoms with E-state index in [9.17, 15) is 9.18 Å². The predicted octanol–water partition coefficient (Wildman–Crippen LogP) is 4.21. The molecule has 0 radical (unpaired) electrons. The second-order valence-electron chi connectivity index (χ2n) is 5.28. The zero-order chi connectivity index (χ0) is 17.8. The highest BCUT2D eigenvalue weighted by molar-refractivity contribution is 9.10. The molecular formula is C17H14BrFN4OS. The van der Waals surface area contributed by atoms with Gasteiger partial charge >= 0.3 is 0 Å². The SMILES string of the molecule is Cc1ccc(-n2cnnc2SCC(=O)Nc2ccc(F)cc2Br)cc1. The number of hydrogen-bond acceptors (Lipinski definition) is 4. The second kappa shape index (κ2) is 7.79. The van der Waals surface area contributed by atoms with Gasteiger partial charge in [-0.2, -0.15) is 0 Å². The summed E-state index contributed by atoms with van der Waals surface area (Å²) >= 11 is 4.50. The van der Waals surface area contributed by atoms with E-state index in [4.69, 9.17) is 0 Å². The number of hydrogen-bond donors (Lipinski definition) is 1. The summed E-state index contributed by atoms with van der Waals surface area (Å²) in [4.78, 5) is 12.1. The van der Waals surface area contributed by atoms with Gasteiger partial charge in [0.2, 0.25) is 5.91 Å². The van der Waals surface area contributed by atoms with Gasteiger partial charge in [-0.1, -0.05) is 29.5 Å². The van der Waals surface area contributed by atoms with Crippen molar-refractivity contribution in [1.29, 1.82) is 0 Å². The van der Waals surface area contributed by atoms with Crippen LogP contribution in [0.25, 0.3) is 5.69 Å². The van der Waals surface area contributed by atoms with Crippen LogP contribution in [0.15, 0.2) is 58.4 Å². The van der Waals surface area contributed by atoms with E-state index in [0.717, 1.165) is 11.3 Å². The summed E-state index contributed by atoms with van der Waals surface area (Å²) in [5.74, 6) is -0.421. The second-order valence-corrected chi connectivity index (χ2v) is 7.08. The fourth-order valence-electron chi connectivity index (χ4n) is 2.11. The summed E-state index contributed by atoms with van der Waals surface area (Å²) in [5, 5.41) is 11.3. The first-order valence-corrected chi connectivity index (χ1v) is 9.15. The number of rotatable bonds is 5. The molecule has 0 aliphatic heterocycles. The van der Waals surface area contributed by atoms with Crippen LogP contribution in [0.4, 0.5) is 10.1 Å². The molecule has 1 N–H and O–H groups in total. The van der Waals surface area contributed by atoms with E-state index in [-0.39, 0.29) is 17.5 Å². The molecule has 8 heteroatoms. The molecule has 5 nitrogen and oxygen atoms in total. The number of halogens is 2. The zero-order valence-electron chi connectivity index (χ0n) is 13.2. The molecular weight excluding hydrogens is 407 g/mol. The molecule has 0 aliphatic rings. The van der Waals surface area contributed by atoms with Crippen molar-refractivity contribution in [2.24, 2.45) is 0 Å². The minimum absolute atomic E-state index is 0.161. The van der Waals surface area contributed by atoms with E-state index in [1.165, 1.54) is 30.0 Å². The third-order valence-electron chi connectivity index (χ3n) is 3.37. The van der Waals surface area contributed by atoms with E-state index in [1.807, 2.05) is 35.8 Å². The molecule has 0 spiro atoms. The molecule has 0 atom stereocenters. The highest BCUT2D eigenvalue weighted by Crippen LogP contribution is 2.24. The molecule has 0 unspecified atom stereocenters. The van der Waals surface area contributed by atoms with Crippen molar-refractivity contribution >= 4 is 39.3 Å². The van der Waals surface area contributed by atoms with Crippen molar-refractivity contribution in [2.75, 3.05) is 11.1 Å². The van der Waals surface area contributed by atoms with Crippen LogP contribution in [0.5, 0.6) is 0 Å². The average molecular weight is 421 g/mol. The summed E-state index contributed by atoms with van der Waals surface area (Å²) < 4.78 is 15.4. The van der Waals surface area contributed by atoms with Crippen LogP contribution < -0.4 is 5.32 Å². The first kappa shape index (κ1) is 17.6. The molecule has 0 bridgehead atoms. The van der Waals surface area contributed by atoms with Gasteiger partial charge in [0.15, 0.2) is 5.16 Å². The van der Waals surface area contributed by atoms with Crippen molar-refractivity contribution in [3.05, 3.63) is 64.6 Å². The van der Waals surface area contributed by atoms with Crippen molar-refractivity contribution < 1.29 is 9.18 Å². The number of anilines is 1. The van der Waals surface area contributed by atoms with Gasteiger partial charge in [-0.25, -0.2) is 4.39 Å². The number of aromatic nitrogens is 3. The van der Waals surface area contributed by atoms with E-state index in [1.54, 1.807) is 6.33 Å². The van der Waals surface area contributed by atoms with Crippen LogP contribution in [0.2, 0.25) is 0 Å². The van der Waals surface area contributed by atoms with Crippen LogP contribution >= 0.6 is 27.7 Å². The summed E-state index contributed by atoms with van der Waals surface area (Å²) in [6, 6.07) is 12.1. The Morgan fingerprint density at radius 1 is 1.28 bits per heavy atom. The standard InChI is InChI=1S/C17H14BrFN4OS/c1-11-2-5-13(6-3-11)23-10-20-22-17(23)25-9-16(24)21-15-7-4-12(19)8-14(15)18/h2-8,10H,9H2,1H3,(H,21,24). The number of amides is 1. The minimum Gasteiger partial charge on any atom is -0.324 e. The number of nitrogens with zero attached hydrogens (tertiary/aromatic N) is 3. The summed E-state index contributed by atoms with van der Waals surface area (Å²) in [5.41, 5.74) is 2.61. The Bertz CT molecular complexity index is 898. The maximum atomic E-state index is 13.1. The van der Waals surface area contributed by atoms with Crippen LogP contribution in [-0.4, -0.2) is 26.4 Å². The lowest BCUT2D eigenvalue weighted by Gasteiger charge is -2.08. The van der Waals surface area contributed by atoms with Gasteiger partial charge in [-0.05, 0) is 53.2 Å². The Morgan fingerprint density at radius 2 is 2.04 bits per heavy atom. The average Bonchev–Trinajstić information content (AvgIpc) is 3.05. The topological polar surface area (TPSA) is 59.8 Å². The Kier molecular flexibility index (Phi) is 5.50. The Hall–Kier alpha value is -2.19. The fraction of sp³-hybridized carbons (Fsp3) is 0.118. The van der Waals surface area contributed by atoms with E-state index in [0.29, 0.717) is 15.3 Å². The van der Waals surface area contributed by atoms with Crippen molar-refractivity contribution in [3.63, 3.8) is 0 Å². The first-order valence-electron chi connectivity index (χ1n) is 7.38. The largest absolute Gasteiger partial charge is 0.324 e. The van der Waals surface area contributed by atoms with Crippen LogP contribution in [0, 0.1) is 12.7 Å². The molecule has 2 aromatic carbocycles. The predicted molar refractivity (Wildman–Crippen MR) is 99.5 cm³/mol. The van der Waals surface area contributed by atoms with Crippen LogP contribution in [-0.2, 0) is 4.79 Å². The number of benzene rings is 2. The zero-order valence-corrected chi connectivity index (χ0v) is 15.6. The van der Waals surface area contributed by atoms with E-state index in [2.05, 4.69) is 31.4 Å². The van der Waals surface area contributed by atoms with Crippen molar-refractivity contribution in [3.8, 4) is 5.69 Å². The van der Waals surface area contributed by atoms with Gasteiger partial charge in [0.05, 0.1) is 11.4 Å². The summed E-state index contributed by atoms with van der Waals surface area (Å²) in [6.45, 7) is 2.02. The first-order chi connectivity index (χ1) is 12.0. The van der Waals surface area contributed by atoms with E-state index < -0.39 is 0 Å². The van der Waals surface area contributed by atoms with Crippen LogP contribution in [0.1, 0.15) is 5.56 Å². The smallest absolute Gasteiger partial charge is 0.234 e. The Balaban J connectivity index is 1.65. The van der Waals surface area contributed by atoms with Gasteiger partial charge < -0.3 is 5.32 Å². The lowest BCUT2D eigenvalue weighted by molar-refractivity contribution is -0.113. The molecule has 128 valence electrons. The number of carbonyl (C=O) groups excluding carboxylic acids is 1. The number of nitrogens with one attached hydrogen (secondary N) is 1. The molecule has 0 saturated heterocycles. The molecule has 1 aromatic heterocycles. The van der Waals surface area contributed by atoms with Crippen molar-refractivity contribution in [1.82, 2.24) is 14.8 Å². The number of carbonyl (C=O) groups is 1. The maximum Gasteiger partial charge on any atom is 0.234 e. The molecule has 1 amide bonds. The van der Waals surface area contributed by atoms with Gasteiger partial charge in [0.1, 0.15) is 12.1 Å². The van der Waals surface area contributed by atoms with Gasteiger partial charge in [0, 0.05) is 10.2 Å². The summed E-state index contributed by atoms with van der Waals surface area (Å²) in [6.07, 6.45) is 1.61. The molecule has 0 saturated carbocycles. The van der Waals surface area contributed by atoms with Gasteiger partial charge in [0.25, 0.3) is 0 Å². The van der Waals surface area contributed by atoms with Crippen molar-refractivity contribution in [2.45, 2.75) is 12.1 Å². The fourth-order valence-corrected chi connectivity index (χ4v) is 3.29. The Labute approximate surface area is 156 Å². The number of aryl methyl sites for hydroxylation is 1. The molecule has 0 aliphatic carbocycles. The molecule has 3 rings (SSSR count). The lowest BCUT2D eigenvalue weighted by Crippen LogP contribution is -2.15. The molecule has 25 heavy (non-hydrogen) atoms. The highest BCUT2D eigenvalue weighted by Gasteiger charge is 2.11. The molecule has 3 aromatic rings. The normalized spacial score (nSPS) is 10.7. The molecule has 1 heterocycles. The quantitative estimate of drug-likeness (QED) is 0.628. The van der Waals surface area contributed by atoms with Gasteiger partial charge in [-0.3, -0.25) is 9.36 Å². The Morgan fingerprint density at radius 3 is 2.76 bits per heavy atom. The highest BCUT2D eigenvalue weighted by atomic mass is 79.9. The van der Waals surface area contributed by atoms with Gasteiger partial charge in [-0.15, -0.1) is 10.2 Å². The number of thioether (sulfide) groups is 1. The maximum absolute atomic E-state index is 13.1. The third kappa shape index (κ3) is 4.46. The minimum atomic E-state index is -0.370. The molecule has 0 fully saturated rings. The van der Waals surface area contributed by atoms with Crippen LogP contribution in [0.3, 0.4) is 0 Å². The van der Waals surface area contributed by atoms with E-state index >= 15 is 0 Å². The lowest BCUT2D eigenvalue weighted by atomic mass is 10.2. The monoisotopic (exact) mass is 420 g/mol. The third-order valence-corrected chi connectivity index (χ3v) is 4.97.